The van der Waals surface area contributed by atoms with Gasteiger partial charge >= 0.3 is 0 Å². The van der Waals surface area contributed by atoms with Gasteiger partial charge in [-0.2, -0.15) is 0 Å². The van der Waals surface area contributed by atoms with Crippen LogP contribution in [0.2, 0.25) is 0 Å². The van der Waals surface area contributed by atoms with Crippen LogP contribution in [0, 0.1) is 12.8 Å². The van der Waals surface area contributed by atoms with Crippen molar-refractivity contribution in [1.82, 2.24) is 10.3 Å². The Kier molecular flexibility index (Phi) is 9.79. The number of hydrogen-bond acceptors (Lipinski definition) is 5. The molecule has 5 nitrogen and oxygen atoms in total. The number of rotatable bonds is 14. The van der Waals surface area contributed by atoms with Crippen LogP contribution in [0.4, 0.5) is 0 Å². The molecule has 0 saturated carbocycles. The zero-order valence-electron chi connectivity index (χ0n) is 19.3. The van der Waals surface area contributed by atoms with E-state index in [0.717, 1.165) is 51.6 Å². The number of pyridine rings is 1. The number of hydrogen-bond donors (Lipinski definition) is 1. The summed E-state index contributed by atoms with van der Waals surface area (Å²) < 4.78 is 17.5. The summed E-state index contributed by atoms with van der Waals surface area (Å²) in [5, 5.41) is 3.36. The lowest BCUT2D eigenvalue weighted by Gasteiger charge is -2.27. The maximum atomic E-state index is 5.90. The number of nitrogens with zero attached hydrogens (tertiary/aromatic N) is 1. The van der Waals surface area contributed by atoms with Crippen LogP contribution in [0.3, 0.4) is 0 Å². The Morgan fingerprint density at radius 1 is 1.06 bits per heavy atom. The van der Waals surface area contributed by atoms with Crippen LogP contribution in [0.25, 0.3) is 0 Å². The highest BCUT2D eigenvalue weighted by atomic mass is 16.5. The van der Waals surface area contributed by atoms with E-state index in [9.17, 15) is 0 Å². The molecular weight excluding hydrogens is 388 g/mol. The van der Waals surface area contributed by atoms with Crippen LogP contribution >= 0.6 is 0 Å². The topological polar surface area (TPSA) is 52.6 Å². The summed E-state index contributed by atoms with van der Waals surface area (Å²) in [7, 11) is 0. The first-order valence-electron chi connectivity index (χ1n) is 11.6. The van der Waals surface area contributed by atoms with Gasteiger partial charge in [0, 0.05) is 32.1 Å². The number of ether oxygens (including phenoxy) is 3. The SMILES string of the molecule is Cc1ccc(COCCCOCC[C@@H](C)[C@H](C)c2cncc(OC[C@@H]3CCN3)c2)cc1. The number of aryl methyl sites for hydroxylation is 1. The Balaban J connectivity index is 1.26. The molecule has 1 aliphatic heterocycles. The summed E-state index contributed by atoms with van der Waals surface area (Å²) in [5.74, 6) is 1.80. The average Bonchev–Trinajstić information content (AvgIpc) is 2.75. The van der Waals surface area contributed by atoms with Crippen molar-refractivity contribution >= 4 is 0 Å². The summed E-state index contributed by atoms with van der Waals surface area (Å²) in [6, 6.07) is 11.1. The second-order valence-corrected chi connectivity index (χ2v) is 8.76. The van der Waals surface area contributed by atoms with E-state index in [1.165, 1.54) is 23.1 Å². The van der Waals surface area contributed by atoms with Gasteiger partial charge < -0.3 is 19.5 Å². The molecule has 0 amide bonds. The summed E-state index contributed by atoms with van der Waals surface area (Å²) >= 11 is 0. The van der Waals surface area contributed by atoms with Crippen molar-refractivity contribution in [3.05, 3.63) is 59.4 Å². The highest BCUT2D eigenvalue weighted by molar-refractivity contribution is 5.26. The van der Waals surface area contributed by atoms with E-state index in [2.05, 4.69) is 61.4 Å². The monoisotopic (exact) mass is 426 g/mol. The molecule has 3 rings (SSSR count). The molecule has 1 aromatic heterocycles. The van der Waals surface area contributed by atoms with E-state index in [1.54, 1.807) is 0 Å². The third-order valence-electron chi connectivity index (χ3n) is 6.17. The molecule has 1 saturated heterocycles. The van der Waals surface area contributed by atoms with Crippen molar-refractivity contribution in [2.75, 3.05) is 33.0 Å². The second-order valence-electron chi connectivity index (χ2n) is 8.76. The van der Waals surface area contributed by atoms with Gasteiger partial charge in [0.1, 0.15) is 12.4 Å². The molecule has 170 valence electrons. The zero-order chi connectivity index (χ0) is 21.9. The molecule has 1 N–H and O–H groups in total. The van der Waals surface area contributed by atoms with E-state index in [4.69, 9.17) is 14.2 Å². The number of nitrogens with one attached hydrogen (secondary N) is 1. The maximum Gasteiger partial charge on any atom is 0.137 e. The third kappa shape index (κ3) is 8.24. The first-order chi connectivity index (χ1) is 15.1. The first-order valence-corrected chi connectivity index (χ1v) is 11.6. The van der Waals surface area contributed by atoms with Crippen LogP contribution in [0.1, 0.15) is 55.7 Å². The summed E-state index contributed by atoms with van der Waals surface area (Å²) in [5.41, 5.74) is 3.73. The van der Waals surface area contributed by atoms with Crippen LogP contribution in [-0.4, -0.2) is 44.0 Å². The Morgan fingerprint density at radius 2 is 1.84 bits per heavy atom. The van der Waals surface area contributed by atoms with Crippen LogP contribution in [-0.2, 0) is 16.1 Å². The smallest absolute Gasteiger partial charge is 0.137 e. The summed E-state index contributed by atoms with van der Waals surface area (Å²) in [6.45, 7) is 11.4. The molecular formula is C26H38N2O3. The van der Waals surface area contributed by atoms with Crippen molar-refractivity contribution in [1.29, 1.82) is 0 Å². The van der Waals surface area contributed by atoms with Gasteiger partial charge in [0.2, 0.25) is 0 Å². The lowest BCUT2D eigenvalue weighted by molar-refractivity contribution is 0.0705. The lowest BCUT2D eigenvalue weighted by atomic mass is 9.88. The molecule has 0 radical (unpaired) electrons. The molecule has 1 aromatic carbocycles. The van der Waals surface area contributed by atoms with Crippen molar-refractivity contribution in [3.63, 3.8) is 0 Å². The van der Waals surface area contributed by atoms with Gasteiger partial charge in [-0.15, -0.1) is 0 Å². The molecule has 0 bridgehead atoms. The molecule has 2 heterocycles. The Morgan fingerprint density at radius 3 is 2.58 bits per heavy atom. The molecule has 2 aromatic rings. The Labute approximate surface area is 187 Å². The highest BCUT2D eigenvalue weighted by Gasteiger charge is 2.18. The number of aromatic nitrogens is 1. The van der Waals surface area contributed by atoms with E-state index >= 15 is 0 Å². The van der Waals surface area contributed by atoms with Crippen LogP contribution < -0.4 is 10.1 Å². The predicted molar refractivity (Wildman–Crippen MR) is 125 cm³/mol. The largest absolute Gasteiger partial charge is 0.490 e. The van der Waals surface area contributed by atoms with Gasteiger partial charge in [0.25, 0.3) is 0 Å². The standard InChI is InChI=1S/C26H38N2O3/c1-20-5-7-23(8-6-20)18-30-13-4-12-29-14-10-21(2)22(3)24-15-26(17-27-16-24)31-19-25-9-11-28-25/h5-8,15-17,21-22,25,28H,4,9-14,18-19H2,1-3H3/t21-,22+,25+/m1/s1. The minimum Gasteiger partial charge on any atom is -0.490 e. The average molecular weight is 427 g/mol. The van der Waals surface area contributed by atoms with Gasteiger partial charge in [-0.25, -0.2) is 0 Å². The van der Waals surface area contributed by atoms with E-state index in [-0.39, 0.29) is 0 Å². The minimum atomic E-state index is 0.416. The molecule has 1 aliphatic rings. The Bertz CT molecular complexity index is 762. The second kappa shape index (κ2) is 12.8. The van der Waals surface area contributed by atoms with Crippen LogP contribution in [0.5, 0.6) is 5.75 Å². The maximum absolute atomic E-state index is 5.90. The quantitative estimate of drug-likeness (QED) is 0.436. The van der Waals surface area contributed by atoms with Crippen molar-refractivity contribution in [2.24, 2.45) is 5.92 Å². The molecule has 1 fully saturated rings. The predicted octanol–water partition coefficient (Wildman–Crippen LogP) is 4.88. The molecule has 0 aliphatic carbocycles. The molecule has 3 atom stereocenters. The Hall–Kier alpha value is -1.95. The summed E-state index contributed by atoms with van der Waals surface area (Å²) in [4.78, 5) is 4.38. The normalized spacial score (nSPS) is 17.7. The molecule has 0 spiro atoms. The van der Waals surface area contributed by atoms with Gasteiger partial charge in [-0.05, 0) is 61.8 Å². The van der Waals surface area contributed by atoms with Crippen molar-refractivity contribution in [3.8, 4) is 5.75 Å². The fraction of sp³-hybridized carbons (Fsp3) is 0.577. The van der Waals surface area contributed by atoms with Crippen molar-refractivity contribution in [2.45, 2.75) is 58.6 Å². The lowest BCUT2D eigenvalue weighted by Crippen LogP contribution is -2.46. The van der Waals surface area contributed by atoms with Crippen molar-refractivity contribution < 1.29 is 14.2 Å². The highest BCUT2D eigenvalue weighted by Crippen LogP contribution is 2.28. The van der Waals surface area contributed by atoms with Gasteiger partial charge in [-0.1, -0.05) is 43.7 Å². The molecule has 0 unspecified atom stereocenters. The van der Waals surface area contributed by atoms with Crippen LogP contribution in [0.15, 0.2) is 42.7 Å². The van der Waals surface area contributed by atoms with E-state index in [1.807, 2.05) is 12.4 Å². The summed E-state index contributed by atoms with van der Waals surface area (Å²) in [6.07, 6.45) is 6.92. The zero-order valence-corrected chi connectivity index (χ0v) is 19.3. The van der Waals surface area contributed by atoms with Gasteiger partial charge in [-0.3, -0.25) is 4.98 Å². The number of benzene rings is 1. The van der Waals surface area contributed by atoms with E-state index in [0.29, 0.717) is 24.5 Å². The molecule has 31 heavy (non-hydrogen) atoms. The minimum absolute atomic E-state index is 0.416. The first kappa shape index (κ1) is 23.7. The fourth-order valence-corrected chi connectivity index (χ4v) is 3.54. The molecule has 5 heteroatoms. The fourth-order valence-electron chi connectivity index (χ4n) is 3.54. The third-order valence-corrected chi connectivity index (χ3v) is 6.17. The van der Waals surface area contributed by atoms with Gasteiger partial charge in [0.15, 0.2) is 0 Å². The van der Waals surface area contributed by atoms with E-state index < -0.39 is 0 Å². The van der Waals surface area contributed by atoms with Gasteiger partial charge in [0.05, 0.1) is 12.8 Å².